The van der Waals surface area contributed by atoms with Crippen molar-refractivity contribution in [1.82, 2.24) is 10.9 Å². The second kappa shape index (κ2) is 10.1. The minimum absolute atomic E-state index is 0.168. The van der Waals surface area contributed by atoms with Crippen molar-refractivity contribution < 1.29 is 23.5 Å². The van der Waals surface area contributed by atoms with Crippen molar-refractivity contribution in [1.29, 1.82) is 0 Å². The molecule has 2 saturated heterocycles. The fourth-order valence-electron chi connectivity index (χ4n) is 5.18. The van der Waals surface area contributed by atoms with Gasteiger partial charge >= 0.3 is 5.97 Å². The van der Waals surface area contributed by atoms with Crippen LogP contribution in [0.4, 0.5) is 10.1 Å². The van der Waals surface area contributed by atoms with Gasteiger partial charge in [0, 0.05) is 17.2 Å². The third-order valence-electron chi connectivity index (χ3n) is 6.74. The molecule has 2 N–H and O–H groups in total. The van der Waals surface area contributed by atoms with E-state index in [9.17, 15) is 9.59 Å². The normalized spacial score (nSPS) is 23.0. The Labute approximate surface area is 209 Å². The Hall–Kier alpha value is -3.75. The second-order valence-corrected chi connectivity index (χ2v) is 8.77. The maximum atomic E-state index is 15.2. The molecule has 1 amide bonds. The zero-order chi connectivity index (χ0) is 25.2. The van der Waals surface area contributed by atoms with Gasteiger partial charge in [-0.3, -0.25) is 4.79 Å². The van der Waals surface area contributed by atoms with Crippen LogP contribution in [0.15, 0.2) is 72.8 Å². The number of ether oxygens (including phenoxy) is 2. The van der Waals surface area contributed by atoms with Crippen molar-refractivity contribution in [2.75, 3.05) is 18.1 Å². The average Bonchev–Trinajstić information content (AvgIpc) is 3.44. The highest BCUT2D eigenvalue weighted by Gasteiger charge is 2.56. The van der Waals surface area contributed by atoms with Crippen LogP contribution < -0.4 is 20.5 Å². The highest BCUT2D eigenvalue weighted by atomic mass is 19.1. The van der Waals surface area contributed by atoms with Gasteiger partial charge in [0.25, 0.3) is 0 Å². The second-order valence-electron chi connectivity index (χ2n) is 8.77. The molecule has 2 aliphatic heterocycles. The van der Waals surface area contributed by atoms with E-state index in [1.165, 1.54) is 6.07 Å². The lowest BCUT2D eigenvalue weighted by Crippen LogP contribution is -2.41. The number of nitrogens with one attached hydrogen (secondary N) is 2. The van der Waals surface area contributed by atoms with E-state index in [4.69, 9.17) is 9.47 Å². The molecule has 0 bridgehead atoms. The minimum Gasteiger partial charge on any atom is -0.494 e. The van der Waals surface area contributed by atoms with E-state index in [1.54, 1.807) is 54.3 Å². The molecule has 2 heterocycles. The number of halogens is 1. The summed E-state index contributed by atoms with van der Waals surface area (Å²) in [5.41, 5.74) is 8.80. The minimum atomic E-state index is -0.573. The van der Waals surface area contributed by atoms with Crippen LogP contribution in [-0.2, 0) is 9.53 Å². The third-order valence-corrected chi connectivity index (χ3v) is 6.74. The standard InChI is InChI=1S/C28H28FN3O4/c1-3-35-20-15-11-17(12-16-20)24-23-25(31-30-24)27(33)32(26(23)21-7-5-6-8-22(21)29)19-13-9-18(10-14-19)28(34)36-4-2/h5-16,23-26,30-31H,3-4H2,1-2H3. The fraction of sp³-hybridized carbons (Fsp3) is 0.286. The number of hydrogen-bond donors (Lipinski definition) is 2. The van der Waals surface area contributed by atoms with Gasteiger partial charge in [-0.25, -0.2) is 20.0 Å². The summed E-state index contributed by atoms with van der Waals surface area (Å²) in [7, 11) is 0. The van der Waals surface area contributed by atoms with Gasteiger partial charge in [-0.05, 0) is 61.9 Å². The molecule has 3 aromatic carbocycles. The van der Waals surface area contributed by atoms with E-state index in [0.29, 0.717) is 23.4 Å². The molecular weight excluding hydrogens is 461 g/mol. The number of carbonyl (C=O) groups is 2. The first-order valence-corrected chi connectivity index (χ1v) is 12.1. The Balaban J connectivity index is 1.54. The molecule has 2 aliphatic rings. The van der Waals surface area contributed by atoms with Crippen molar-refractivity contribution in [3.63, 3.8) is 0 Å². The molecule has 4 atom stereocenters. The molecule has 3 aromatic rings. The maximum absolute atomic E-state index is 15.2. The summed E-state index contributed by atoms with van der Waals surface area (Å²) in [4.78, 5) is 27.5. The monoisotopic (exact) mass is 489 g/mol. The molecular formula is C28H28FN3O4. The zero-order valence-electron chi connectivity index (χ0n) is 20.1. The SMILES string of the molecule is CCOC(=O)c1ccc(N2C(=O)C3NNC(c4ccc(OCC)cc4)C3C2c2ccccc2F)cc1. The van der Waals surface area contributed by atoms with E-state index in [-0.39, 0.29) is 30.3 Å². The van der Waals surface area contributed by atoms with Crippen LogP contribution >= 0.6 is 0 Å². The molecule has 0 aromatic heterocycles. The number of hydrazine groups is 1. The molecule has 36 heavy (non-hydrogen) atoms. The molecule has 7 nitrogen and oxygen atoms in total. The number of amides is 1. The fourth-order valence-corrected chi connectivity index (χ4v) is 5.18. The summed E-state index contributed by atoms with van der Waals surface area (Å²) in [5, 5.41) is 0. The van der Waals surface area contributed by atoms with Crippen molar-refractivity contribution in [3.8, 4) is 5.75 Å². The van der Waals surface area contributed by atoms with Gasteiger partial charge in [-0.1, -0.05) is 30.3 Å². The van der Waals surface area contributed by atoms with Gasteiger partial charge in [-0.2, -0.15) is 0 Å². The summed E-state index contributed by atoms with van der Waals surface area (Å²) in [6.07, 6.45) is 0. The van der Waals surface area contributed by atoms with Crippen LogP contribution in [0.1, 0.15) is 47.4 Å². The van der Waals surface area contributed by atoms with Gasteiger partial charge in [0.1, 0.15) is 17.6 Å². The molecule has 5 rings (SSSR count). The van der Waals surface area contributed by atoms with Crippen molar-refractivity contribution >= 4 is 17.6 Å². The lowest BCUT2D eigenvalue weighted by molar-refractivity contribution is -0.119. The molecule has 2 fully saturated rings. The largest absolute Gasteiger partial charge is 0.494 e. The first kappa shape index (κ1) is 24.0. The lowest BCUT2D eigenvalue weighted by Gasteiger charge is -2.31. The van der Waals surface area contributed by atoms with E-state index in [1.807, 2.05) is 31.2 Å². The van der Waals surface area contributed by atoms with Crippen LogP contribution in [0.5, 0.6) is 5.75 Å². The highest BCUT2D eigenvalue weighted by Crippen LogP contribution is 2.49. The first-order valence-electron chi connectivity index (χ1n) is 12.1. The van der Waals surface area contributed by atoms with Crippen LogP contribution in [0.3, 0.4) is 0 Å². The summed E-state index contributed by atoms with van der Waals surface area (Å²) in [6.45, 7) is 4.52. The summed E-state index contributed by atoms with van der Waals surface area (Å²) in [6, 6.07) is 19.6. The van der Waals surface area contributed by atoms with Crippen molar-refractivity contribution in [3.05, 3.63) is 95.3 Å². The van der Waals surface area contributed by atoms with E-state index in [2.05, 4.69) is 10.9 Å². The number of nitrogens with zero attached hydrogens (tertiary/aromatic N) is 1. The number of benzene rings is 3. The number of anilines is 1. The summed E-state index contributed by atoms with van der Waals surface area (Å²) < 4.78 is 25.8. The number of fused-ring (bicyclic) bond motifs is 1. The van der Waals surface area contributed by atoms with E-state index in [0.717, 1.165) is 11.3 Å². The van der Waals surface area contributed by atoms with Crippen LogP contribution in [0.25, 0.3) is 0 Å². The molecule has 0 saturated carbocycles. The van der Waals surface area contributed by atoms with Gasteiger partial charge in [-0.15, -0.1) is 0 Å². The van der Waals surface area contributed by atoms with E-state index >= 15 is 4.39 Å². The molecule has 4 unspecified atom stereocenters. The molecule has 0 radical (unpaired) electrons. The van der Waals surface area contributed by atoms with Crippen LogP contribution in [-0.4, -0.2) is 31.1 Å². The average molecular weight is 490 g/mol. The lowest BCUT2D eigenvalue weighted by atomic mass is 9.83. The quantitative estimate of drug-likeness (QED) is 0.481. The molecule has 8 heteroatoms. The highest BCUT2D eigenvalue weighted by molar-refractivity contribution is 6.02. The molecule has 186 valence electrons. The number of carbonyl (C=O) groups excluding carboxylic acids is 2. The van der Waals surface area contributed by atoms with Gasteiger partial charge < -0.3 is 14.4 Å². The Kier molecular flexibility index (Phi) is 6.71. The predicted octanol–water partition coefficient (Wildman–Crippen LogP) is 4.32. The molecule has 0 aliphatic carbocycles. The van der Waals surface area contributed by atoms with Crippen molar-refractivity contribution in [2.45, 2.75) is 32.0 Å². The smallest absolute Gasteiger partial charge is 0.338 e. The van der Waals surface area contributed by atoms with Gasteiger partial charge in [0.15, 0.2) is 0 Å². The Morgan fingerprint density at radius 2 is 1.61 bits per heavy atom. The van der Waals surface area contributed by atoms with Crippen LogP contribution in [0, 0.1) is 11.7 Å². The maximum Gasteiger partial charge on any atom is 0.338 e. The zero-order valence-corrected chi connectivity index (χ0v) is 20.1. The topological polar surface area (TPSA) is 79.9 Å². The first-order chi connectivity index (χ1) is 17.5. The van der Waals surface area contributed by atoms with Gasteiger partial charge in [0.2, 0.25) is 5.91 Å². The predicted molar refractivity (Wildman–Crippen MR) is 133 cm³/mol. The number of hydrogen-bond acceptors (Lipinski definition) is 6. The summed E-state index contributed by atoms with van der Waals surface area (Å²) in [5.74, 6) is -0.502. The van der Waals surface area contributed by atoms with Gasteiger partial charge in [0.05, 0.1) is 30.9 Å². The van der Waals surface area contributed by atoms with Crippen LogP contribution in [0.2, 0.25) is 0 Å². The number of rotatable bonds is 7. The van der Waals surface area contributed by atoms with E-state index < -0.39 is 18.1 Å². The third kappa shape index (κ3) is 4.23. The number of esters is 1. The Bertz CT molecular complexity index is 1250. The molecule has 0 spiro atoms. The van der Waals surface area contributed by atoms with Crippen molar-refractivity contribution in [2.24, 2.45) is 5.92 Å². The Morgan fingerprint density at radius 3 is 2.28 bits per heavy atom. The summed E-state index contributed by atoms with van der Waals surface area (Å²) >= 11 is 0. The Morgan fingerprint density at radius 1 is 0.917 bits per heavy atom.